The molecule has 1 amide bonds. The molecule has 0 aromatic heterocycles. The Morgan fingerprint density at radius 3 is 2.43 bits per heavy atom. The first kappa shape index (κ1) is 22.3. The van der Waals surface area contributed by atoms with Gasteiger partial charge in [-0.05, 0) is 50.0 Å². The summed E-state index contributed by atoms with van der Waals surface area (Å²) in [5, 5.41) is 11.3. The van der Waals surface area contributed by atoms with Crippen molar-refractivity contribution < 1.29 is 19.4 Å². The molecule has 1 heterocycles. The summed E-state index contributed by atoms with van der Waals surface area (Å²) in [6.07, 6.45) is 0. The minimum absolute atomic E-state index is 0.0438. The van der Waals surface area contributed by atoms with Crippen LogP contribution in [0.25, 0.3) is 5.76 Å². The van der Waals surface area contributed by atoms with Crippen LogP contribution in [-0.2, 0) is 9.59 Å². The molecule has 1 N–H and O–H groups in total. The van der Waals surface area contributed by atoms with Crippen LogP contribution >= 0.6 is 27.5 Å². The third-order valence-corrected chi connectivity index (χ3v) is 5.76. The van der Waals surface area contributed by atoms with Crippen molar-refractivity contribution in [2.24, 2.45) is 0 Å². The lowest BCUT2D eigenvalue weighted by atomic mass is 9.95. The first-order valence-corrected chi connectivity index (χ1v) is 10.4. The Morgan fingerprint density at radius 2 is 1.87 bits per heavy atom. The number of halogens is 2. The van der Waals surface area contributed by atoms with Crippen LogP contribution in [-0.4, -0.2) is 60.9 Å². The van der Waals surface area contributed by atoms with Crippen molar-refractivity contribution in [2.75, 3.05) is 34.3 Å². The molecule has 6 nitrogen and oxygen atoms in total. The third kappa shape index (κ3) is 4.38. The summed E-state index contributed by atoms with van der Waals surface area (Å²) < 4.78 is 6.02. The van der Waals surface area contributed by atoms with Crippen molar-refractivity contribution in [1.29, 1.82) is 0 Å². The predicted molar refractivity (Wildman–Crippen MR) is 120 cm³/mol. The molecule has 0 spiro atoms. The maximum absolute atomic E-state index is 12.9. The number of aliphatic hydroxyl groups excluding tert-OH is 1. The summed E-state index contributed by atoms with van der Waals surface area (Å²) in [4.78, 5) is 29.2. The topological polar surface area (TPSA) is 70.1 Å². The van der Waals surface area contributed by atoms with Crippen LogP contribution in [0.5, 0.6) is 5.75 Å². The summed E-state index contributed by atoms with van der Waals surface area (Å²) in [5.41, 5.74) is 1.12. The molecular weight excluding hydrogens is 472 g/mol. The number of likely N-dealkylation sites (N-methyl/N-ethyl adjacent to an activating group) is 1. The fraction of sp³-hybridized carbons (Fsp3) is 0.273. The van der Waals surface area contributed by atoms with Gasteiger partial charge in [-0.2, -0.15) is 0 Å². The standard InChI is InChI=1S/C22H22BrClN2O4/c1-25(2)10-11-26-19(13-4-7-15(23)8-5-13)18(21(28)22(26)29)20(27)14-6-9-17(30-3)16(24)12-14/h4-9,12,19,27H,10-11H2,1-3H3. The van der Waals surface area contributed by atoms with Crippen LogP contribution in [0.1, 0.15) is 17.2 Å². The number of likely N-dealkylation sites (tertiary alicyclic amines) is 1. The van der Waals surface area contributed by atoms with Crippen LogP contribution < -0.4 is 4.74 Å². The summed E-state index contributed by atoms with van der Waals surface area (Å²) in [6, 6.07) is 11.4. The maximum atomic E-state index is 12.9. The number of benzene rings is 2. The van der Waals surface area contributed by atoms with E-state index in [9.17, 15) is 14.7 Å². The molecule has 1 fully saturated rings. The van der Waals surface area contributed by atoms with Gasteiger partial charge in [0.2, 0.25) is 0 Å². The lowest BCUT2D eigenvalue weighted by Crippen LogP contribution is -2.35. The van der Waals surface area contributed by atoms with Gasteiger partial charge in [-0.15, -0.1) is 0 Å². The van der Waals surface area contributed by atoms with E-state index >= 15 is 0 Å². The van der Waals surface area contributed by atoms with Crippen molar-refractivity contribution in [1.82, 2.24) is 9.80 Å². The Hall–Kier alpha value is -2.35. The lowest BCUT2D eigenvalue weighted by Gasteiger charge is -2.26. The molecule has 0 radical (unpaired) electrons. The summed E-state index contributed by atoms with van der Waals surface area (Å²) in [6.45, 7) is 0.924. The number of ketones is 1. The van der Waals surface area contributed by atoms with E-state index in [1.165, 1.54) is 18.1 Å². The van der Waals surface area contributed by atoms with Gasteiger partial charge in [0.25, 0.3) is 11.7 Å². The molecular formula is C22H22BrClN2O4. The number of rotatable bonds is 6. The van der Waals surface area contributed by atoms with Crippen LogP contribution in [0.3, 0.4) is 0 Å². The fourth-order valence-electron chi connectivity index (χ4n) is 3.38. The van der Waals surface area contributed by atoms with E-state index in [1.807, 2.05) is 43.3 Å². The highest BCUT2D eigenvalue weighted by atomic mass is 79.9. The van der Waals surface area contributed by atoms with E-state index in [0.717, 1.165) is 10.0 Å². The summed E-state index contributed by atoms with van der Waals surface area (Å²) in [5.74, 6) is -1.17. The molecule has 0 saturated carbocycles. The molecule has 158 valence electrons. The van der Waals surface area contributed by atoms with Crippen LogP contribution in [0, 0.1) is 0 Å². The normalized spacial score (nSPS) is 18.3. The van der Waals surface area contributed by atoms with Gasteiger partial charge < -0.3 is 19.6 Å². The molecule has 1 atom stereocenters. The second-order valence-electron chi connectivity index (χ2n) is 7.20. The molecule has 3 rings (SSSR count). The lowest BCUT2D eigenvalue weighted by molar-refractivity contribution is -0.140. The molecule has 1 unspecified atom stereocenters. The zero-order chi connectivity index (χ0) is 22.0. The molecule has 8 heteroatoms. The van der Waals surface area contributed by atoms with E-state index < -0.39 is 17.7 Å². The van der Waals surface area contributed by atoms with Gasteiger partial charge in [0, 0.05) is 23.1 Å². The number of Topliss-reactive ketones (excluding diaryl/α,β-unsaturated/α-hetero) is 1. The molecule has 1 aliphatic rings. The van der Waals surface area contributed by atoms with E-state index in [0.29, 0.717) is 29.4 Å². The van der Waals surface area contributed by atoms with Gasteiger partial charge in [-0.25, -0.2) is 0 Å². The number of carbonyl (C=O) groups excluding carboxylic acids is 2. The van der Waals surface area contributed by atoms with Crippen molar-refractivity contribution in [3.05, 3.63) is 68.7 Å². The van der Waals surface area contributed by atoms with Gasteiger partial charge in [0.1, 0.15) is 11.5 Å². The predicted octanol–water partition coefficient (Wildman–Crippen LogP) is 4.09. The van der Waals surface area contributed by atoms with Crippen LogP contribution in [0.4, 0.5) is 0 Å². The van der Waals surface area contributed by atoms with Crippen molar-refractivity contribution in [3.8, 4) is 5.75 Å². The van der Waals surface area contributed by atoms with Crippen molar-refractivity contribution in [3.63, 3.8) is 0 Å². The number of ether oxygens (including phenoxy) is 1. The number of aliphatic hydroxyl groups is 1. The number of hydrogen-bond acceptors (Lipinski definition) is 5. The number of carbonyl (C=O) groups is 2. The largest absolute Gasteiger partial charge is 0.507 e. The minimum atomic E-state index is -0.717. The average molecular weight is 494 g/mol. The van der Waals surface area contributed by atoms with Crippen LogP contribution in [0.2, 0.25) is 5.02 Å². The molecule has 0 bridgehead atoms. The Labute approximate surface area is 188 Å². The van der Waals surface area contributed by atoms with Crippen molar-refractivity contribution in [2.45, 2.75) is 6.04 Å². The Morgan fingerprint density at radius 1 is 1.20 bits per heavy atom. The van der Waals surface area contributed by atoms with E-state index in [-0.39, 0.29) is 11.3 Å². The molecule has 1 saturated heterocycles. The van der Waals surface area contributed by atoms with E-state index in [1.54, 1.807) is 12.1 Å². The van der Waals surface area contributed by atoms with E-state index in [2.05, 4.69) is 15.9 Å². The minimum Gasteiger partial charge on any atom is -0.507 e. The fourth-order valence-corrected chi connectivity index (χ4v) is 3.90. The van der Waals surface area contributed by atoms with Gasteiger partial charge in [0.15, 0.2) is 0 Å². The highest BCUT2D eigenvalue weighted by Gasteiger charge is 2.45. The van der Waals surface area contributed by atoms with Gasteiger partial charge in [-0.3, -0.25) is 9.59 Å². The van der Waals surface area contributed by atoms with Gasteiger partial charge in [-0.1, -0.05) is 39.7 Å². The Bertz CT molecular complexity index is 1000. The summed E-state index contributed by atoms with van der Waals surface area (Å²) in [7, 11) is 5.28. The summed E-state index contributed by atoms with van der Waals surface area (Å²) >= 11 is 9.60. The van der Waals surface area contributed by atoms with Gasteiger partial charge in [0.05, 0.1) is 23.7 Å². The zero-order valence-corrected chi connectivity index (χ0v) is 19.2. The molecule has 2 aromatic rings. The highest BCUT2D eigenvalue weighted by molar-refractivity contribution is 9.10. The first-order chi connectivity index (χ1) is 14.2. The van der Waals surface area contributed by atoms with Gasteiger partial charge >= 0.3 is 0 Å². The maximum Gasteiger partial charge on any atom is 0.295 e. The number of nitrogens with zero attached hydrogens (tertiary/aromatic N) is 2. The van der Waals surface area contributed by atoms with Crippen molar-refractivity contribution >= 4 is 45.0 Å². The van der Waals surface area contributed by atoms with Crippen LogP contribution in [0.15, 0.2) is 52.5 Å². The SMILES string of the molecule is COc1ccc(C(O)=C2C(=O)C(=O)N(CCN(C)C)C2c2ccc(Br)cc2)cc1Cl. The smallest absolute Gasteiger partial charge is 0.295 e. The third-order valence-electron chi connectivity index (χ3n) is 4.94. The number of amides is 1. The second-order valence-corrected chi connectivity index (χ2v) is 8.52. The number of hydrogen-bond donors (Lipinski definition) is 1. The molecule has 30 heavy (non-hydrogen) atoms. The average Bonchev–Trinajstić information content (AvgIpc) is 2.96. The Kier molecular flexibility index (Phi) is 6.85. The molecule has 1 aliphatic heterocycles. The number of methoxy groups -OCH3 is 1. The second kappa shape index (κ2) is 9.20. The molecule has 0 aliphatic carbocycles. The Balaban J connectivity index is 2.14. The molecule has 2 aromatic carbocycles. The quantitative estimate of drug-likeness (QED) is 0.373. The highest BCUT2D eigenvalue weighted by Crippen LogP contribution is 2.40. The monoisotopic (exact) mass is 492 g/mol. The first-order valence-electron chi connectivity index (χ1n) is 9.27. The zero-order valence-electron chi connectivity index (χ0n) is 16.9. The van der Waals surface area contributed by atoms with E-state index in [4.69, 9.17) is 16.3 Å².